The van der Waals surface area contributed by atoms with Crippen molar-refractivity contribution in [1.82, 2.24) is 14.8 Å². The van der Waals surface area contributed by atoms with Gasteiger partial charge in [0.05, 0.1) is 0 Å². The SMILES string of the molecule is COCCCCN1CCN(C(=O)Nc2ccc[nH]c2=O)CC1. The van der Waals surface area contributed by atoms with Crippen LogP contribution in [0.5, 0.6) is 0 Å². The van der Waals surface area contributed by atoms with Gasteiger partial charge in [-0.1, -0.05) is 0 Å². The van der Waals surface area contributed by atoms with Crippen LogP contribution in [0.4, 0.5) is 10.5 Å². The fourth-order valence-electron chi connectivity index (χ4n) is 2.47. The lowest BCUT2D eigenvalue weighted by Crippen LogP contribution is -2.50. The van der Waals surface area contributed by atoms with E-state index < -0.39 is 0 Å². The van der Waals surface area contributed by atoms with Crippen LogP contribution >= 0.6 is 0 Å². The Kier molecular flexibility index (Phi) is 6.42. The number of nitrogens with one attached hydrogen (secondary N) is 2. The van der Waals surface area contributed by atoms with Crippen molar-refractivity contribution in [2.24, 2.45) is 0 Å². The number of nitrogens with zero attached hydrogens (tertiary/aromatic N) is 2. The molecule has 0 spiro atoms. The van der Waals surface area contributed by atoms with Crippen molar-refractivity contribution in [2.75, 3.05) is 51.8 Å². The molecule has 1 aliphatic rings. The number of amides is 2. The Labute approximate surface area is 130 Å². The van der Waals surface area contributed by atoms with Gasteiger partial charge in [0, 0.05) is 46.1 Å². The lowest BCUT2D eigenvalue weighted by atomic mass is 10.2. The summed E-state index contributed by atoms with van der Waals surface area (Å²) in [5, 5.41) is 2.66. The number of aromatic nitrogens is 1. The van der Waals surface area contributed by atoms with Crippen LogP contribution in [0.1, 0.15) is 12.8 Å². The Morgan fingerprint density at radius 3 is 2.77 bits per heavy atom. The molecule has 1 saturated heterocycles. The van der Waals surface area contributed by atoms with Gasteiger partial charge >= 0.3 is 6.03 Å². The highest BCUT2D eigenvalue weighted by Crippen LogP contribution is 2.06. The number of carbonyl (C=O) groups is 1. The van der Waals surface area contributed by atoms with Gasteiger partial charge < -0.3 is 19.9 Å². The standard InChI is InChI=1S/C15H24N4O3/c1-22-12-3-2-7-18-8-10-19(11-9-18)15(21)17-13-5-4-6-16-14(13)20/h4-6H,2-3,7-12H2,1H3,(H,16,20)(H,17,21). The predicted molar refractivity (Wildman–Crippen MR) is 85.2 cm³/mol. The first-order valence-electron chi connectivity index (χ1n) is 7.65. The molecule has 1 aromatic heterocycles. The first-order valence-corrected chi connectivity index (χ1v) is 7.65. The van der Waals surface area contributed by atoms with Crippen LogP contribution in [0.25, 0.3) is 0 Å². The van der Waals surface area contributed by atoms with E-state index in [0.29, 0.717) is 13.1 Å². The number of urea groups is 1. The van der Waals surface area contributed by atoms with Gasteiger partial charge in [-0.3, -0.25) is 9.69 Å². The fraction of sp³-hybridized carbons (Fsp3) is 0.600. The van der Waals surface area contributed by atoms with Gasteiger partial charge in [-0.05, 0) is 31.5 Å². The van der Waals surface area contributed by atoms with E-state index in [2.05, 4.69) is 15.2 Å². The van der Waals surface area contributed by atoms with Crippen LogP contribution in [0.15, 0.2) is 23.1 Å². The molecule has 0 unspecified atom stereocenters. The fourth-order valence-corrected chi connectivity index (χ4v) is 2.47. The Morgan fingerprint density at radius 1 is 1.32 bits per heavy atom. The second-order valence-corrected chi connectivity index (χ2v) is 5.37. The molecule has 0 bridgehead atoms. The number of hydrogen-bond acceptors (Lipinski definition) is 4. The zero-order valence-corrected chi connectivity index (χ0v) is 13.0. The summed E-state index contributed by atoms with van der Waals surface area (Å²) in [6, 6.07) is 3.08. The number of ether oxygens (including phenoxy) is 1. The summed E-state index contributed by atoms with van der Waals surface area (Å²) in [5.74, 6) is 0. The second-order valence-electron chi connectivity index (χ2n) is 5.37. The number of pyridine rings is 1. The van der Waals surface area contributed by atoms with Crippen LogP contribution in [-0.2, 0) is 4.74 Å². The van der Waals surface area contributed by atoms with Crippen molar-refractivity contribution in [3.8, 4) is 0 Å². The largest absolute Gasteiger partial charge is 0.385 e. The van der Waals surface area contributed by atoms with Crippen molar-refractivity contribution in [2.45, 2.75) is 12.8 Å². The molecule has 1 fully saturated rings. The highest BCUT2D eigenvalue weighted by Gasteiger charge is 2.21. The van der Waals surface area contributed by atoms with Crippen LogP contribution in [0, 0.1) is 0 Å². The molecule has 0 saturated carbocycles. The Balaban J connectivity index is 1.73. The summed E-state index contributed by atoms with van der Waals surface area (Å²) in [6.07, 6.45) is 3.72. The summed E-state index contributed by atoms with van der Waals surface area (Å²) >= 11 is 0. The van der Waals surface area contributed by atoms with Crippen LogP contribution in [0.3, 0.4) is 0 Å². The molecule has 7 heteroatoms. The molecular weight excluding hydrogens is 284 g/mol. The number of aromatic amines is 1. The molecule has 0 aromatic carbocycles. The first kappa shape index (κ1) is 16.5. The van der Waals surface area contributed by atoms with E-state index in [1.54, 1.807) is 30.3 Å². The summed E-state index contributed by atoms with van der Waals surface area (Å²) in [4.78, 5) is 30.4. The van der Waals surface area contributed by atoms with Crippen molar-refractivity contribution < 1.29 is 9.53 Å². The molecule has 122 valence electrons. The quantitative estimate of drug-likeness (QED) is 0.767. The maximum Gasteiger partial charge on any atom is 0.322 e. The van der Waals surface area contributed by atoms with E-state index in [-0.39, 0.29) is 17.3 Å². The van der Waals surface area contributed by atoms with E-state index >= 15 is 0 Å². The normalized spacial score (nSPS) is 15.8. The lowest BCUT2D eigenvalue weighted by molar-refractivity contribution is 0.140. The third kappa shape index (κ3) is 4.85. The van der Waals surface area contributed by atoms with Crippen LogP contribution < -0.4 is 10.9 Å². The first-order chi connectivity index (χ1) is 10.7. The van der Waals surface area contributed by atoms with Gasteiger partial charge in [0.1, 0.15) is 5.69 Å². The molecule has 1 aliphatic heterocycles. The van der Waals surface area contributed by atoms with E-state index in [1.165, 1.54) is 0 Å². The molecule has 0 atom stereocenters. The maximum absolute atomic E-state index is 12.2. The molecule has 2 N–H and O–H groups in total. The zero-order valence-electron chi connectivity index (χ0n) is 13.0. The average molecular weight is 308 g/mol. The zero-order chi connectivity index (χ0) is 15.8. The van der Waals surface area contributed by atoms with Crippen LogP contribution in [-0.4, -0.2) is 67.3 Å². The number of anilines is 1. The lowest BCUT2D eigenvalue weighted by Gasteiger charge is -2.34. The molecule has 22 heavy (non-hydrogen) atoms. The molecule has 0 aliphatic carbocycles. The van der Waals surface area contributed by atoms with Gasteiger partial charge in [-0.15, -0.1) is 0 Å². The van der Waals surface area contributed by atoms with Crippen molar-refractivity contribution in [1.29, 1.82) is 0 Å². The van der Waals surface area contributed by atoms with Gasteiger partial charge in [0.25, 0.3) is 5.56 Å². The average Bonchev–Trinajstić information content (AvgIpc) is 2.54. The van der Waals surface area contributed by atoms with E-state index in [1.807, 2.05) is 0 Å². The monoisotopic (exact) mass is 308 g/mol. The number of piperazine rings is 1. The Hall–Kier alpha value is -1.86. The molecule has 2 amide bonds. The van der Waals surface area contributed by atoms with Gasteiger partial charge in [-0.2, -0.15) is 0 Å². The van der Waals surface area contributed by atoms with E-state index in [0.717, 1.165) is 39.1 Å². The van der Waals surface area contributed by atoms with Gasteiger partial charge in [-0.25, -0.2) is 4.79 Å². The predicted octanol–water partition coefficient (Wildman–Crippen LogP) is 0.951. The highest BCUT2D eigenvalue weighted by atomic mass is 16.5. The highest BCUT2D eigenvalue weighted by molar-refractivity contribution is 5.89. The molecule has 7 nitrogen and oxygen atoms in total. The molecule has 0 radical (unpaired) electrons. The number of unbranched alkanes of at least 4 members (excludes halogenated alkanes) is 1. The Morgan fingerprint density at radius 2 is 2.09 bits per heavy atom. The minimum absolute atomic E-state index is 0.212. The second kappa shape index (κ2) is 8.55. The summed E-state index contributed by atoms with van der Waals surface area (Å²) in [5.41, 5.74) is 0.00197. The molecule has 2 rings (SSSR count). The van der Waals surface area contributed by atoms with Crippen molar-refractivity contribution in [3.63, 3.8) is 0 Å². The number of H-pyrrole nitrogens is 1. The number of methoxy groups -OCH3 is 1. The van der Waals surface area contributed by atoms with E-state index in [9.17, 15) is 9.59 Å². The smallest absolute Gasteiger partial charge is 0.322 e. The summed E-state index contributed by atoms with van der Waals surface area (Å²) in [7, 11) is 1.72. The molecule has 1 aromatic rings. The van der Waals surface area contributed by atoms with Crippen molar-refractivity contribution >= 4 is 11.7 Å². The van der Waals surface area contributed by atoms with Crippen LogP contribution in [0.2, 0.25) is 0 Å². The summed E-state index contributed by atoms with van der Waals surface area (Å²) in [6.45, 7) is 4.93. The molecule has 2 heterocycles. The topological polar surface area (TPSA) is 77.7 Å². The third-order valence-corrected chi connectivity index (χ3v) is 3.79. The number of hydrogen-bond donors (Lipinski definition) is 2. The molecular formula is C15H24N4O3. The minimum Gasteiger partial charge on any atom is -0.385 e. The third-order valence-electron chi connectivity index (χ3n) is 3.79. The Bertz CT molecular complexity index is 524. The number of rotatable bonds is 6. The van der Waals surface area contributed by atoms with Crippen molar-refractivity contribution in [3.05, 3.63) is 28.7 Å². The number of carbonyl (C=O) groups excluding carboxylic acids is 1. The van der Waals surface area contributed by atoms with Gasteiger partial charge in [0.15, 0.2) is 0 Å². The minimum atomic E-state index is -0.285. The van der Waals surface area contributed by atoms with E-state index in [4.69, 9.17) is 4.74 Å². The summed E-state index contributed by atoms with van der Waals surface area (Å²) < 4.78 is 5.04. The maximum atomic E-state index is 12.2. The van der Waals surface area contributed by atoms with Gasteiger partial charge in [0.2, 0.25) is 0 Å².